The van der Waals surface area contributed by atoms with Gasteiger partial charge in [-0.3, -0.25) is 9.10 Å². The summed E-state index contributed by atoms with van der Waals surface area (Å²) in [5.74, 6) is 0.165. The quantitative estimate of drug-likeness (QED) is 0.198. The Morgan fingerprint density at radius 1 is 0.949 bits per heavy atom. The number of nitrogens with zero attached hydrogens (tertiary/aromatic N) is 1. The number of nitrogens with one attached hydrogen (secondary N) is 1. The van der Waals surface area contributed by atoms with Gasteiger partial charge in [-0.15, -0.1) is 11.3 Å². The van der Waals surface area contributed by atoms with E-state index in [4.69, 9.17) is 16.3 Å². The molecule has 39 heavy (non-hydrogen) atoms. The van der Waals surface area contributed by atoms with Crippen LogP contribution in [0.1, 0.15) is 9.67 Å². The molecule has 0 saturated heterocycles. The monoisotopic (exact) mass is 594 g/mol. The van der Waals surface area contributed by atoms with Gasteiger partial charge in [0.2, 0.25) is 0 Å². The summed E-state index contributed by atoms with van der Waals surface area (Å²) in [5, 5.41) is 4.00. The number of hydrogen-bond acceptors (Lipinski definition) is 6. The number of anilines is 2. The first-order valence-corrected chi connectivity index (χ1v) is 15.2. The van der Waals surface area contributed by atoms with Gasteiger partial charge in [0.25, 0.3) is 15.9 Å². The number of rotatable bonds is 8. The van der Waals surface area contributed by atoms with Crippen LogP contribution in [0.15, 0.2) is 112 Å². The number of para-hydroxylation sites is 1. The highest BCUT2D eigenvalue weighted by molar-refractivity contribution is 7.99. The molecule has 1 heterocycles. The SMILES string of the molecule is COc1ccc(S(=O)(=O)N(C)c2ccc3sc(C(=O)Nc4ccccc4Sc4ccccc4)cc3c2)cc1Cl. The number of carbonyl (C=O) groups excluding carboxylic acids is 1. The van der Waals surface area contributed by atoms with Crippen LogP contribution in [0, 0.1) is 0 Å². The average Bonchev–Trinajstić information content (AvgIpc) is 3.38. The van der Waals surface area contributed by atoms with Crippen molar-refractivity contribution in [2.45, 2.75) is 14.7 Å². The van der Waals surface area contributed by atoms with E-state index in [2.05, 4.69) is 5.32 Å². The summed E-state index contributed by atoms with van der Waals surface area (Å²) in [5.41, 5.74) is 1.18. The Kier molecular flexibility index (Phi) is 7.86. The summed E-state index contributed by atoms with van der Waals surface area (Å²) < 4.78 is 33.7. The lowest BCUT2D eigenvalue weighted by atomic mass is 10.2. The highest BCUT2D eigenvalue weighted by Gasteiger charge is 2.23. The molecule has 0 aliphatic rings. The van der Waals surface area contributed by atoms with E-state index in [9.17, 15) is 13.2 Å². The number of thiophene rings is 1. The summed E-state index contributed by atoms with van der Waals surface area (Å²) in [6.45, 7) is 0. The van der Waals surface area contributed by atoms with Gasteiger partial charge in [-0.2, -0.15) is 0 Å². The molecule has 0 fully saturated rings. The van der Waals surface area contributed by atoms with E-state index in [1.54, 1.807) is 30.0 Å². The van der Waals surface area contributed by atoms with Gasteiger partial charge in [0.05, 0.1) is 33.3 Å². The second-order valence-corrected chi connectivity index (χ2v) is 13.0. The van der Waals surface area contributed by atoms with Crippen LogP contribution in [0.25, 0.3) is 10.1 Å². The maximum Gasteiger partial charge on any atom is 0.265 e. The summed E-state index contributed by atoms with van der Waals surface area (Å²) >= 11 is 9.08. The van der Waals surface area contributed by atoms with Gasteiger partial charge in [0, 0.05) is 21.5 Å². The highest BCUT2D eigenvalue weighted by Crippen LogP contribution is 2.36. The molecule has 0 spiro atoms. The van der Waals surface area contributed by atoms with Gasteiger partial charge in [-0.25, -0.2) is 8.42 Å². The van der Waals surface area contributed by atoms with Crippen LogP contribution in [0.4, 0.5) is 11.4 Å². The minimum absolute atomic E-state index is 0.0494. The molecule has 4 aromatic carbocycles. The summed E-state index contributed by atoms with van der Waals surface area (Å²) in [4.78, 5) is 15.8. The maximum atomic E-state index is 13.3. The second-order valence-electron chi connectivity index (χ2n) is 8.47. The number of methoxy groups -OCH3 is 1. The van der Waals surface area contributed by atoms with Gasteiger partial charge in [0.1, 0.15) is 5.75 Å². The predicted molar refractivity (Wildman–Crippen MR) is 160 cm³/mol. The van der Waals surface area contributed by atoms with Crippen molar-refractivity contribution in [1.29, 1.82) is 0 Å². The number of amides is 1. The van der Waals surface area contributed by atoms with Crippen LogP contribution < -0.4 is 14.4 Å². The Balaban J connectivity index is 1.38. The molecule has 5 rings (SSSR count). The Hall–Kier alpha value is -3.50. The molecule has 0 radical (unpaired) electrons. The van der Waals surface area contributed by atoms with Gasteiger partial charge >= 0.3 is 0 Å². The largest absolute Gasteiger partial charge is 0.495 e. The highest BCUT2D eigenvalue weighted by atomic mass is 35.5. The Morgan fingerprint density at radius 3 is 2.44 bits per heavy atom. The molecule has 10 heteroatoms. The first-order chi connectivity index (χ1) is 18.8. The predicted octanol–water partition coefficient (Wildman–Crippen LogP) is 7.79. The van der Waals surface area contributed by atoms with Crippen molar-refractivity contribution >= 4 is 72.1 Å². The zero-order chi connectivity index (χ0) is 27.6. The standard InChI is InChI=1S/C29H23ClN2O4S3/c1-32(39(34,35)22-13-14-25(36-2)23(30)18-22)20-12-15-26-19(16-20)17-28(38-26)29(33)31-24-10-6-7-11-27(24)37-21-8-4-3-5-9-21/h3-18H,1-2H3,(H,31,33). The van der Waals surface area contributed by atoms with Gasteiger partial charge < -0.3 is 10.1 Å². The average molecular weight is 595 g/mol. The van der Waals surface area contributed by atoms with E-state index in [0.717, 1.165) is 25.6 Å². The molecule has 1 aromatic heterocycles. The molecule has 0 bridgehead atoms. The molecule has 0 aliphatic heterocycles. The lowest BCUT2D eigenvalue weighted by Crippen LogP contribution is -2.26. The maximum absolute atomic E-state index is 13.3. The summed E-state index contributed by atoms with van der Waals surface area (Å²) in [7, 11) is -0.925. The number of benzene rings is 4. The van der Waals surface area contributed by atoms with Gasteiger partial charge in [0.15, 0.2) is 0 Å². The topological polar surface area (TPSA) is 75.7 Å². The second kappa shape index (κ2) is 11.3. The van der Waals surface area contributed by atoms with Crippen molar-refractivity contribution in [2.75, 3.05) is 23.8 Å². The van der Waals surface area contributed by atoms with Crippen molar-refractivity contribution in [3.63, 3.8) is 0 Å². The molecular weight excluding hydrogens is 572 g/mol. The zero-order valence-corrected chi connectivity index (χ0v) is 24.1. The fourth-order valence-electron chi connectivity index (χ4n) is 3.90. The molecule has 1 N–H and O–H groups in total. The number of fused-ring (bicyclic) bond motifs is 1. The Labute approximate surface area is 240 Å². The van der Waals surface area contributed by atoms with Crippen LogP contribution in [0.2, 0.25) is 5.02 Å². The van der Waals surface area contributed by atoms with Gasteiger partial charge in [-0.05, 0) is 72.1 Å². The molecule has 6 nitrogen and oxygen atoms in total. The fraction of sp³-hybridized carbons (Fsp3) is 0.0690. The number of sulfonamides is 1. The van der Waals surface area contributed by atoms with Gasteiger partial charge in [-0.1, -0.05) is 53.7 Å². The van der Waals surface area contributed by atoms with Crippen molar-refractivity contribution in [3.05, 3.63) is 107 Å². The third kappa shape index (κ3) is 5.77. The van der Waals surface area contributed by atoms with E-state index in [1.807, 2.05) is 60.7 Å². The van der Waals surface area contributed by atoms with Crippen molar-refractivity contribution in [2.24, 2.45) is 0 Å². The first-order valence-electron chi connectivity index (χ1n) is 11.8. The molecular formula is C29H23ClN2O4S3. The van der Waals surface area contributed by atoms with E-state index in [0.29, 0.717) is 16.3 Å². The normalized spacial score (nSPS) is 11.4. The fourth-order valence-corrected chi connectivity index (χ4v) is 7.30. The summed E-state index contributed by atoms with van der Waals surface area (Å²) in [6, 6.07) is 29.0. The zero-order valence-electron chi connectivity index (χ0n) is 20.9. The third-order valence-electron chi connectivity index (χ3n) is 5.98. The van der Waals surface area contributed by atoms with E-state index in [1.165, 1.54) is 48.0 Å². The molecule has 0 aliphatic carbocycles. The molecule has 5 aromatic rings. The van der Waals surface area contributed by atoms with E-state index < -0.39 is 10.0 Å². The van der Waals surface area contributed by atoms with Crippen LogP contribution in [0.3, 0.4) is 0 Å². The van der Waals surface area contributed by atoms with Crippen LogP contribution in [0.5, 0.6) is 5.75 Å². The number of carbonyl (C=O) groups is 1. The molecule has 1 amide bonds. The Morgan fingerprint density at radius 2 is 1.69 bits per heavy atom. The Bertz CT molecular complexity index is 1770. The number of ether oxygens (including phenoxy) is 1. The third-order valence-corrected chi connectivity index (χ3v) is 10.3. The lowest BCUT2D eigenvalue weighted by Gasteiger charge is -2.20. The van der Waals surface area contributed by atoms with Crippen molar-refractivity contribution in [1.82, 2.24) is 0 Å². The smallest absolute Gasteiger partial charge is 0.265 e. The number of halogens is 1. The van der Waals surface area contributed by atoms with Crippen LogP contribution in [-0.2, 0) is 10.0 Å². The van der Waals surface area contributed by atoms with Crippen molar-refractivity contribution in [3.8, 4) is 5.75 Å². The van der Waals surface area contributed by atoms with Crippen LogP contribution >= 0.6 is 34.7 Å². The van der Waals surface area contributed by atoms with Crippen molar-refractivity contribution < 1.29 is 17.9 Å². The minimum Gasteiger partial charge on any atom is -0.495 e. The van der Waals surface area contributed by atoms with E-state index >= 15 is 0 Å². The molecule has 0 unspecified atom stereocenters. The van der Waals surface area contributed by atoms with Crippen LogP contribution in [-0.4, -0.2) is 28.5 Å². The minimum atomic E-state index is -3.87. The lowest BCUT2D eigenvalue weighted by molar-refractivity contribution is 0.103. The number of hydrogen-bond donors (Lipinski definition) is 1. The molecule has 198 valence electrons. The summed E-state index contributed by atoms with van der Waals surface area (Å²) in [6.07, 6.45) is 0. The molecule has 0 atom stereocenters. The first kappa shape index (κ1) is 27.1. The van der Waals surface area contributed by atoms with E-state index in [-0.39, 0.29) is 15.8 Å². The molecule has 0 saturated carbocycles.